The van der Waals surface area contributed by atoms with E-state index in [0.29, 0.717) is 0 Å². The van der Waals surface area contributed by atoms with Gasteiger partial charge in [0.2, 0.25) is 0 Å². The summed E-state index contributed by atoms with van der Waals surface area (Å²) in [6.07, 6.45) is 2.40. The Morgan fingerprint density at radius 1 is 1.22 bits per heavy atom. The number of likely N-dealkylation sites (N-methyl/N-ethyl adjacent to an activating group) is 1. The zero-order valence-electron chi connectivity index (χ0n) is 17.3. The van der Waals surface area contributed by atoms with Crippen molar-refractivity contribution in [3.8, 4) is 5.75 Å². The Bertz CT molecular complexity index is 569. The molecule has 1 N–H and O–H groups in total. The summed E-state index contributed by atoms with van der Waals surface area (Å²) in [6, 6.07) is 8.13. The van der Waals surface area contributed by atoms with Crippen molar-refractivity contribution in [3.05, 3.63) is 29.8 Å². The van der Waals surface area contributed by atoms with Crippen LogP contribution in [0, 0.1) is 0 Å². The lowest BCUT2D eigenvalue weighted by atomic mass is 10.2. The Balaban J connectivity index is 0.00000364. The molecular formula is C20H36IN5O. The molecule has 1 fully saturated rings. The lowest BCUT2D eigenvalue weighted by Gasteiger charge is -2.24. The monoisotopic (exact) mass is 489 g/mol. The molecule has 1 aliphatic rings. The molecule has 1 aliphatic heterocycles. The van der Waals surface area contributed by atoms with Crippen LogP contribution in [-0.4, -0.2) is 88.2 Å². The number of hydrogen-bond donors (Lipinski definition) is 1. The maximum atomic E-state index is 5.45. The highest BCUT2D eigenvalue weighted by Crippen LogP contribution is 2.18. The predicted molar refractivity (Wildman–Crippen MR) is 124 cm³/mol. The van der Waals surface area contributed by atoms with E-state index in [0.717, 1.165) is 43.3 Å². The second-order valence-electron chi connectivity index (χ2n) is 6.99. The summed E-state index contributed by atoms with van der Waals surface area (Å²) in [5.74, 6) is 1.84. The summed E-state index contributed by atoms with van der Waals surface area (Å²) in [5, 5.41) is 3.49. The number of methoxy groups -OCH3 is 1. The van der Waals surface area contributed by atoms with E-state index < -0.39 is 0 Å². The largest absolute Gasteiger partial charge is 0.496 e. The van der Waals surface area contributed by atoms with E-state index in [1.54, 1.807) is 7.11 Å². The first-order valence-electron chi connectivity index (χ1n) is 9.58. The number of para-hydroxylation sites is 1. The van der Waals surface area contributed by atoms with Crippen LogP contribution in [0.15, 0.2) is 29.3 Å². The summed E-state index contributed by atoms with van der Waals surface area (Å²) >= 11 is 0. The summed E-state index contributed by atoms with van der Waals surface area (Å²) in [7, 11) is 7.83. The van der Waals surface area contributed by atoms with Crippen LogP contribution in [0.25, 0.3) is 0 Å². The Hall–Kier alpha value is -1.06. The average Bonchev–Trinajstić information content (AvgIpc) is 2.86. The molecule has 1 aromatic carbocycles. The fourth-order valence-electron chi connectivity index (χ4n) is 3.38. The fourth-order valence-corrected chi connectivity index (χ4v) is 3.38. The number of nitrogens with zero attached hydrogens (tertiary/aromatic N) is 4. The lowest BCUT2D eigenvalue weighted by molar-refractivity contribution is 0.273. The van der Waals surface area contributed by atoms with Crippen LogP contribution < -0.4 is 10.1 Å². The second-order valence-corrected chi connectivity index (χ2v) is 6.99. The van der Waals surface area contributed by atoms with E-state index in [-0.39, 0.29) is 24.0 Å². The smallest absolute Gasteiger partial charge is 0.193 e. The van der Waals surface area contributed by atoms with Crippen molar-refractivity contribution in [2.24, 2.45) is 4.99 Å². The first kappa shape index (κ1) is 24.0. The lowest BCUT2D eigenvalue weighted by Crippen LogP contribution is -2.40. The third-order valence-electron chi connectivity index (χ3n) is 4.92. The number of nitrogens with one attached hydrogen (secondary N) is 1. The fraction of sp³-hybridized carbons (Fsp3) is 0.650. The third-order valence-corrected chi connectivity index (χ3v) is 4.92. The Labute approximate surface area is 182 Å². The summed E-state index contributed by atoms with van der Waals surface area (Å²) < 4.78 is 5.45. The van der Waals surface area contributed by atoms with Crippen molar-refractivity contribution < 1.29 is 4.74 Å². The normalized spacial score (nSPS) is 16.4. The molecule has 0 aromatic heterocycles. The summed E-state index contributed by atoms with van der Waals surface area (Å²) in [4.78, 5) is 11.6. The molecule has 2 rings (SSSR count). The van der Waals surface area contributed by atoms with Gasteiger partial charge in [-0.2, -0.15) is 0 Å². The molecule has 0 amide bonds. The number of aliphatic imine (C=N–C) groups is 1. The number of guanidine groups is 1. The molecule has 1 saturated heterocycles. The first-order chi connectivity index (χ1) is 12.6. The maximum absolute atomic E-state index is 5.45. The van der Waals surface area contributed by atoms with Crippen molar-refractivity contribution in [2.45, 2.75) is 19.4 Å². The average molecular weight is 489 g/mol. The van der Waals surface area contributed by atoms with Crippen molar-refractivity contribution in [3.63, 3.8) is 0 Å². The summed E-state index contributed by atoms with van der Waals surface area (Å²) in [5.41, 5.74) is 1.16. The van der Waals surface area contributed by atoms with Gasteiger partial charge >= 0.3 is 0 Å². The quantitative estimate of drug-likeness (QED) is 0.276. The van der Waals surface area contributed by atoms with Gasteiger partial charge in [0.1, 0.15) is 5.75 Å². The van der Waals surface area contributed by atoms with Gasteiger partial charge in [0.05, 0.1) is 7.11 Å². The molecule has 7 heteroatoms. The zero-order valence-corrected chi connectivity index (χ0v) is 19.6. The predicted octanol–water partition coefficient (Wildman–Crippen LogP) is 2.35. The minimum Gasteiger partial charge on any atom is -0.496 e. The van der Waals surface area contributed by atoms with E-state index in [2.05, 4.69) is 45.2 Å². The Kier molecular flexibility index (Phi) is 11.7. The van der Waals surface area contributed by atoms with Crippen molar-refractivity contribution >= 4 is 29.9 Å². The van der Waals surface area contributed by atoms with Crippen LogP contribution in [0.1, 0.15) is 18.4 Å². The number of halogens is 1. The summed E-state index contributed by atoms with van der Waals surface area (Å²) in [6.45, 7) is 7.64. The molecule has 0 aliphatic carbocycles. The van der Waals surface area contributed by atoms with Crippen LogP contribution in [-0.2, 0) is 6.54 Å². The van der Waals surface area contributed by atoms with E-state index >= 15 is 0 Å². The van der Waals surface area contributed by atoms with Crippen LogP contribution >= 0.6 is 24.0 Å². The molecule has 154 valence electrons. The number of rotatable bonds is 7. The number of ether oxygens (including phenoxy) is 1. The zero-order chi connectivity index (χ0) is 18.8. The Morgan fingerprint density at radius 3 is 2.74 bits per heavy atom. The van der Waals surface area contributed by atoms with Gasteiger partial charge in [0.25, 0.3) is 0 Å². The molecule has 27 heavy (non-hydrogen) atoms. The molecule has 1 aromatic rings. The molecular weight excluding hydrogens is 453 g/mol. The molecule has 0 unspecified atom stereocenters. The van der Waals surface area contributed by atoms with Crippen LogP contribution in [0.3, 0.4) is 0 Å². The van der Waals surface area contributed by atoms with Crippen LogP contribution in [0.5, 0.6) is 5.75 Å². The molecule has 0 saturated carbocycles. The van der Waals surface area contributed by atoms with Crippen LogP contribution in [0.2, 0.25) is 0 Å². The van der Waals surface area contributed by atoms with Crippen molar-refractivity contribution in [1.82, 2.24) is 20.0 Å². The third kappa shape index (κ3) is 8.23. The van der Waals surface area contributed by atoms with Gasteiger partial charge in [-0.25, -0.2) is 0 Å². The molecule has 0 atom stereocenters. The maximum Gasteiger partial charge on any atom is 0.193 e. The first-order valence-corrected chi connectivity index (χ1v) is 9.58. The Morgan fingerprint density at radius 2 is 2.00 bits per heavy atom. The standard InChI is InChI=1S/C20H35N5O.HI/c1-21-20(24(3)17-18-9-5-6-10-19(18)26-4)22-11-7-13-25-14-8-12-23(2)15-16-25;/h5-6,9-10H,7-8,11-17H2,1-4H3,(H,21,22);1H. The molecule has 0 bridgehead atoms. The van der Waals surface area contributed by atoms with Gasteiger partial charge in [0, 0.05) is 45.8 Å². The van der Waals surface area contributed by atoms with E-state index in [4.69, 9.17) is 4.74 Å². The van der Waals surface area contributed by atoms with Crippen molar-refractivity contribution in [2.75, 3.05) is 67.5 Å². The minimum absolute atomic E-state index is 0. The highest BCUT2D eigenvalue weighted by molar-refractivity contribution is 14.0. The van der Waals surface area contributed by atoms with Gasteiger partial charge in [-0.3, -0.25) is 4.99 Å². The minimum atomic E-state index is 0. The van der Waals surface area contributed by atoms with Gasteiger partial charge in [-0.05, 0) is 45.6 Å². The molecule has 0 radical (unpaired) electrons. The molecule has 6 nitrogen and oxygen atoms in total. The number of benzene rings is 1. The SMILES string of the molecule is CN=C(NCCCN1CCCN(C)CC1)N(C)Cc1ccccc1OC.I. The second kappa shape index (κ2) is 13.2. The van der Waals surface area contributed by atoms with E-state index in [1.165, 1.54) is 32.6 Å². The van der Waals surface area contributed by atoms with Gasteiger partial charge in [0.15, 0.2) is 5.96 Å². The molecule has 1 heterocycles. The highest BCUT2D eigenvalue weighted by Gasteiger charge is 2.12. The highest BCUT2D eigenvalue weighted by atomic mass is 127. The van der Waals surface area contributed by atoms with Crippen LogP contribution in [0.4, 0.5) is 0 Å². The van der Waals surface area contributed by atoms with E-state index in [1.807, 2.05) is 25.2 Å². The van der Waals surface area contributed by atoms with Gasteiger partial charge in [-0.15, -0.1) is 24.0 Å². The topological polar surface area (TPSA) is 43.3 Å². The van der Waals surface area contributed by atoms with Gasteiger partial charge in [-0.1, -0.05) is 18.2 Å². The van der Waals surface area contributed by atoms with E-state index in [9.17, 15) is 0 Å². The molecule has 0 spiro atoms. The number of hydrogen-bond acceptors (Lipinski definition) is 4. The van der Waals surface area contributed by atoms with Gasteiger partial charge < -0.3 is 24.8 Å². The van der Waals surface area contributed by atoms with Crippen molar-refractivity contribution in [1.29, 1.82) is 0 Å².